The van der Waals surface area contributed by atoms with Crippen molar-refractivity contribution < 1.29 is 0 Å². The fourth-order valence-corrected chi connectivity index (χ4v) is 2.77. The Morgan fingerprint density at radius 2 is 2.00 bits per heavy atom. The van der Waals surface area contributed by atoms with Crippen LogP contribution in [0.2, 0.25) is 0 Å². The molecule has 1 atom stereocenters. The van der Waals surface area contributed by atoms with E-state index in [2.05, 4.69) is 37.0 Å². The zero-order valence-corrected chi connectivity index (χ0v) is 12.7. The van der Waals surface area contributed by atoms with Crippen LogP contribution in [0.25, 0.3) is 10.9 Å². The van der Waals surface area contributed by atoms with Crippen LogP contribution in [0.3, 0.4) is 0 Å². The summed E-state index contributed by atoms with van der Waals surface area (Å²) in [6.45, 7) is 2.01. The minimum absolute atomic E-state index is 0.418. The van der Waals surface area contributed by atoms with Gasteiger partial charge in [-0.05, 0) is 25.1 Å². The van der Waals surface area contributed by atoms with E-state index in [1.807, 2.05) is 30.5 Å². The van der Waals surface area contributed by atoms with Crippen molar-refractivity contribution in [2.24, 2.45) is 0 Å². The fraction of sp³-hybridized carbons (Fsp3) is 0.235. The number of aromatic nitrogens is 3. The summed E-state index contributed by atoms with van der Waals surface area (Å²) in [5.41, 5.74) is 1.88. The maximum absolute atomic E-state index is 4.57. The smallest absolute Gasteiger partial charge is 0.151 e. The molecule has 1 fully saturated rings. The highest BCUT2D eigenvalue weighted by Crippen LogP contribution is 2.20. The summed E-state index contributed by atoms with van der Waals surface area (Å²) in [5.74, 6) is 1.50. The third kappa shape index (κ3) is 3.22. The Labute approximate surface area is 134 Å². The first-order chi connectivity index (χ1) is 11.4. The lowest BCUT2D eigenvalue weighted by molar-refractivity contribution is 0.787. The van der Waals surface area contributed by atoms with Gasteiger partial charge in [-0.2, -0.15) is 0 Å². The fourth-order valence-electron chi connectivity index (χ4n) is 2.77. The van der Waals surface area contributed by atoms with Gasteiger partial charge >= 0.3 is 0 Å². The number of benzene rings is 1. The summed E-state index contributed by atoms with van der Waals surface area (Å²) in [7, 11) is 0. The summed E-state index contributed by atoms with van der Waals surface area (Å²) >= 11 is 0. The molecule has 116 valence electrons. The van der Waals surface area contributed by atoms with Crippen LogP contribution < -0.4 is 16.0 Å². The van der Waals surface area contributed by atoms with Gasteiger partial charge in [-0.15, -0.1) is 0 Å². The molecule has 1 aliphatic heterocycles. The quantitative estimate of drug-likeness (QED) is 0.688. The number of fused-ring (bicyclic) bond motifs is 1. The van der Waals surface area contributed by atoms with E-state index >= 15 is 0 Å². The van der Waals surface area contributed by atoms with E-state index in [0.717, 1.165) is 41.9 Å². The van der Waals surface area contributed by atoms with E-state index in [0.29, 0.717) is 11.9 Å². The lowest BCUT2D eigenvalue weighted by Gasteiger charge is -2.13. The molecule has 23 heavy (non-hydrogen) atoms. The highest BCUT2D eigenvalue weighted by Gasteiger charge is 2.14. The molecule has 4 rings (SSSR count). The van der Waals surface area contributed by atoms with E-state index in [-0.39, 0.29) is 0 Å². The van der Waals surface area contributed by atoms with Crippen molar-refractivity contribution in [3.05, 3.63) is 48.9 Å². The van der Waals surface area contributed by atoms with Gasteiger partial charge in [0, 0.05) is 18.0 Å². The number of nitrogens with zero attached hydrogens (tertiary/aromatic N) is 3. The molecule has 6 nitrogen and oxygen atoms in total. The number of para-hydroxylation sites is 1. The van der Waals surface area contributed by atoms with Crippen molar-refractivity contribution in [2.45, 2.75) is 12.5 Å². The second kappa shape index (κ2) is 6.18. The normalized spacial score (nSPS) is 17.3. The number of hydrogen-bond acceptors (Lipinski definition) is 6. The molecule has 0 radical (unpaired) electrons. The number of hydrogen-bond donors (Lipinski definition) is 3. The topological polar surface area (TPSA) is 74.8 Å². The standard InChI is InChI=1S/C17H18N6/c1-2-4-15-12(3-1)7-14(9-20-15)22-17-11-19-10-16(23-17)21-13-5-6-18-8-13/h1-4,7,9-11,13,18H,5-6,8H2,(H2,21,22,23)/t13-/m1/s1. The number of nitrogens with one attached hydrogen (secondary N) is 3. The van der Waals surface area contributed by atoms with Crippen LogP contribution in [0.4, 0.5) is 17.3 Å². The molecule has 0 unspecified atom stereocenters. The minimum atomic E-state index is 0.418. The van der Waals surface area contributed by atoms with E-state index in [9.17, 15) is 0 Å². The van der Waals surface area contributed by atoms with Gasteiger partial charge in [0.25, 0.3) is 0 Å². The first-order valence-electron chi connectivity index (χ1n) is 7.78. The molecule has 3 N–H and O–H groups in total. The van der Waals surface area contributed by atoms with Crippen molar-refractivity contribution in [1.29, 1.82) is 0 Å². The van der Waals surface area contributed by atoms with Crippen LogP contribution in [-0.4, -0.2) is 34.1 Å². The van der Waals surface area contributed by atoms with E-state index < -0.39 is 0 Å². The van der Waals surface area contributed by atoms with Gasteiger partial charge in [0.15, 0.2) is 5.82 Å². The highest BCUT2D eigenvalue weighted by atomic mass is 15.1. The summed E-state index contributed by atoms with van der Waals surface area (Å²) in [6.07, 6.45) is 6.38. The molecule has 6 heteroatoms. The SMILES string of the molecule is c1ccc2ncc(Nc3cncc(N[C@@H]4CCNC4)n3)cc2c1. The van der Waals surface area contributed by atoms with Crippen LogP contribution in [0.1, 0.15) is 6.42 Å². The first-order valence-corrected chi connectivity index (χ1v) is 7.78. The van der Waals surface area contributed by atoms with E-state index in [1.54, 1.807) is 12.4 Å². The van der Waals surface area contributed by atoms with Crippen molar-refractivity contribution >= 4 is 28.2 Å². The second-order valence-corrected chi connectivity index (χ2v) is 5.67. The molecule has 3 aromatic rings. The third-order valence-corrected chi connectivity index (χ3v) is 3.91. The summed E-state index contributed by atoms with van der Waals surface area (Å²) < 4.78 is 0. The van der Waals surface area contributed by atoms with Gasteiger partial charge in [-0.25, -0.2) is 4.98 Å². The molecule has 0 spiro atoms. The Bertz CT molecular complexity index is 813. The lowest BCUT2D eigenvalue weighted by atomic mass is 10.2. The Hall–Kier alpha value is -2.73. The van der Waals surface area contributed by atoms with Gasteiger partial charge in [-0.1, -0.05) is 18.2 Å². The predicted molar refractivity (Wildman–Crippen MR) is 92.0 cm³/mol. The van der Waals surface area contributed by atoms with Crippen molar-refractivity contribution in [1.82, 2.24) is 20.3 Å². The highest BCUT2D eigenvalue weighted by molar-refractivity contribution is 5.82. The molecular weight excluding hydrogens is 288 g/mol. The number of anilines is 3. The van der Waals surface area contributed by atoms with Gasteiger partial charge in [0.05, 0.1) is 29.8 Å². The molecule has 2 aromatic heterocycles. The molecule has 1 saturated heterocycles. The average Bonchev–Trinajstić information content (AvgIpc) is 3.08. The molecule has 0 aliphatic carbocycles. The Balaban J connectivity index is 1.52. The first kappa shape index (κ1) is 13.9. The molecule has 3 heterocycles. The van der Waals surface area contributed by atoms with Crippen LogP contribution in [-0.2, 0) is 0 Å². The largest absolute Gasteiger partial charge is 0.365 e. The molecule has 0 bridgehead atoms. The average molecular weight is 306 g/mol. The summed E-state index contributed by atoms with van der Waals surface area (Å²) in [5, 5.41) is 11.1. The molecule has 1 aliphatic rings. The van der Waals surface area contributed by atoms with Gasteiger partial charge in [-0.3, -0.25) is 9.97 Å². The maximum Gasteiger partial charge on any atom is 0.151 e. The number of pyridine rings is 1. The van der Waals surface area contributed by atoms with Gasteiger partial charge < -0.3 is 16.0 Å². The van der Waals surface area contributed by atoms with E-state index in [4.69, 9.17) is 0 Å². The zero-order chi connectivity index (χ0) is 15.5. The molecule has 0 saturated carbocycles. The molecule has 1 aromatic carbocycles. The lowest BCUT2D eigenvalue weighted by Crippen LogP contribution is -2.22. The summed E-state index contributed by atoms with van der Waals surface area (Å²) in [4.78, 5) is 13.3. The Morgan fingerprint density at radius 1 is 1.09 bits per heavy atom. The van der Waals surface area contributed by atoms with Crippen molar-refractivity contribution in [2.75, 3.05) is 23.7 Å². The zero-order valence-electron chi connectivity index (χ0n) is 12.7. The van der Waals surface area contributed by atoms with Crippen LogP contribution in [0, 0.1) is 0 Å². The predicted octanol–water partition coefficient (Wildman–Crippen LogP) is 2.54. The van der Waals surface area contributed by atoms with E-state index in [1.165, 1.54) is 0 Å². The molecule has 0 amide bonds. The Morgan fingerprint density at radius 3 is 2.91 bits per heavy atom. The Kier molecular flexibility index (Phi) is 3.73. The van der Waals surface area contributed by atoms with Crippen LogP contribution in [0.15, 0.2) is 48.9 Å². The van der Waals surface area contributed by atoms with Gasteiger partial charge in [0.2, 0.25) is 0 Å². The van der Waals surface area contributed by atoms with Crippen molar-refractivity contribution in [3.63, 3.8) is 0 Å². The maximum atomic E-state index is 4.57. The number of rotatable bonds is 4. The monoisotopic (exact) mass is 306 g/mol. The van der Waals surface area contributed by atoms with Crippen molar-refractivity contribution in [3.8, 4) is 0 Å². The van der Waals surface area contributed by atoms with Gasteiger partial charge in [0.1, 0.15) is 5.82 Å². The summed E-state index contributed by atoms with van der Waals surface area (Å²) in [6, 6.07) is 10.5. The minimum Gasteiger partial charge on any atom is -0.365 e. The van der Waals surface area contributed by atoms with Crippen LogP contribution in [0.5, 0.6) is 0 Å². The third-order valence-electron chi connectivity index (χ3n) is 3.91. The van der Waals surface area contributed by atoms with Crippen LogP contribution >= 0.6 is 0 Å². The second-order valence-electron chi connectivity index (χ2n) is 5.67. The molecular formula is C17H18N6.